The first-order chi connectivity index (χ1) is 40.5. The lowest BCUT2D eigenvalue weighted by molar-refractivity contribution is -0.167. The van der Waals surface area contributed by atoms with Crippen LogP contribution in [0.4, 0.5) is 0 Å². The van der Waals surface area contributed by atoms with Crippen molar-refractivity contribution in [3.8, 4) is 0 Å². The fraction of sp³-hybridized carbons (Fsp3) is 0.724. The number of carbonyl (C=O) groups is 3. The van der Waals surface area contributed by atoms with Gasteiger partial charge < -0.3 is 14.2 Å². The van der Waals surface area contributed by atoms with Crippen molar-refractivity contribution in [2.24, 2.45) is 0 Å². The van der Waals surface area contributed by atoms with Crippen molar-refractivity contribution in [3.63, 3.8) is 0 Å². The molecule has 0 heterocycles. The smallest absolute Gasteiger partial charge is 0.306 e. The van der Waals surface area contributed by atoms with E-state index >= 15 is 0 Å². The van der Waals surface area contributed by atoms with Crippen LogP contribution in [0.1, 0.15) is 335 Å². The highest BCUT2D eigenvalue weighted by atomic mass is 16.6. The summed E-state index contributed by atoms with van der Waals surface area (Å²) in [6.07, 6.45) is 95.3. The molecule has 0 saturated heterocycles. The van der Waals surface area contributed by atoms with Gasteiger partial charge in [0.25, 0.3) is 0 Å². The summed E-state index contributed by atoms with van der Waals surface area (Å²) in [5, 5.41) is 0. The Balaban J connectivity index is 4.34. The largest absolute Gasteiger partial charge is 0.462 e. The first-order valence-electron chi connectivity index (χ1n) is 34.9. The van der Waals surface area contributed by atoms with Gasteiger partial charge >= 0.3 is 17.9 Å². The number of hydrogen-bond donors (Lipinski definition) is 0. The summed E-state index contributed by atoms with van der Waals surface area (Å²) in [5.74, 6) is -0.886. The zero-order chi connectivity index (χ0) is 59.2. The van der Waals surface area contributed by atoms with Gasteiger partial charge in [-0.25, -0.2) is 0 Å². The highest BCUT2D eigenvalue weighted by molar-refractivity contribution is 5.71. The highest BCUT2D eigenvalue weighted by Gasteiger charge is 2.19. The van der Waals surface area contributed by atoms with E-state index in [0.717, 1.165) is 122 Å². The second-order valence-corrected chi connectivity index (χ2v) is 23.0. The van der Waals surface area contributed by atoms with Crippen molar-refractivity contribution in [2.75, 3.05) is 13.2 Å². The third-order valence-corrected chi connectivity index (χ3v) is 15.0. The number of hydrogen-bond acceptors (Lipinski definition) is 6. The lowest BCUT2D eigenvalue weighted by atomic mass is 10.0. The molecule has 6 nitrogen and oxygen atoms in total. The second-order valence-electron chi connectivity index (χ2n) is 23.0. The van der Waals surface area contributed by atoms with Crippen LogP contribution in [-0.2, 0) is 28.6 Å². The Bertz CT molecular complexity index is 1640. The highest BCUT2D eigenvalue weighted by Crippen LogP contribution is 2.17. The molecule has 0 aliphatic rings. The van der Waals surface area contributed by atoms with Crippen molar-refractivity contribution in [1.82, 2.24) is 0 Å². The Morgan fingerprint density at radius 3 is 0.756 bits per heavy atom. The molecular weight excluding hydrogens is 1010 g/mol. The molecule has 0 aromatic rings. The van der Waals surface area contributed by atoms with Crippen molar-refractivity contribution in [1.29, 1.82) is 0 Å². The monoisotopic (exact) mass is 1140 g/mol. The van der Waals surface area contributed by atoms with E-state index in [1.807, 2.05) is 0 Å². The molecule has 0 rings (SSSR count). The number of carbonyl (C=O) groups excluding carboxylic acids is 3. The molecule has 0 aliphatic heterocycles. The predicted octanol–water partition coefficient (Wildman–Crippen LogP) is 24.2. The van der Waals surface area contributed by atoms with Crippen LogP contribution in [0.3, 0.4) is 0 Å². The Morgan fingerprint density at radius 1 is 0.256 bits per heavy atom. The maximum atomic E-state index is 13.0. The quantitative estimate of drug-likeness (QED) is 0.0261. The van der Waals surface area contributed by atoms with E-state index in [4.69, 9.17) is 14.2 Å². The Kier molecular flexibility index (Phi) is 66.2. The van der Waals surface area contributed by atoms with Crippen LogP contribution in [-0.4, -0.2) is 37.2 Å². The molecule has 0 saturated carbocycles. The number of ether oxygens (including phenoxy) is 3. The van der Waals surface area contributed by atoms with Crippen LogP contribution in [0.15, 0.2) is 109 Å². The van der Waals surface area contributed by atoms with Crippen molar-refractivity contribution < 1.29 is 28.6 Å². The molecule has 0 spiro atoms. The van der Waals surface area contributed by atoms with Crippen LogP contribution < -0.4 is 0 Å². The van der Waals surface area contributed by atoms with Crippen molar-refractivity contribution >= 4 is 17.9 Å². The SMILES string of the molecule is CC/C=C\C/C=C\C/C=C\C/C=C\CCCCCCCCCCCCCCCCC(=O)OCC(COC(=O)CCCCCCC/C=C\CCCCCCCCC)OC(=O)CCCCCCCCCC/C=C\C/C=C\C/C=C\C/C=C\CC. The number of allylic oxidation sites excluding steroid dienone is 18. The van der Waals surface area contributed by atoms with Gasteiger partial charge in [0, 0.05) is 19.3 Å². The first-order valence-corrected chi connectivity index (χ1v) is 34.9. The van der Waals surface area contributed by atoms with Crippen molar-refractivity contribution in [2.45, 2.75) is 341 Å². The van der Waals surface area contributed by atoms with Gasteiger partial charge in [-0.3, -0.25) is 14.4 Å². The van der Waals surface area contributed by atoms with Crippen LogP contribution >= 0.6 is 0 Å². The van der Waals surface area contributed by atoms with Crippen LogP contribution in [0, 0.1) is 0 Å². The molecule has 0 N–H and O–H groups in total. The maximum Gasteiger partial charge on any atom is 0.306 e. The van der Waals surface area contributed by atoms with Gasteiger partial charge in [0.15, 0.2) is 6.10 Å². The van der Waals surface area contributed by atoms with E-state index < -0.39 is 6.10 Å². The summed E-state index contributed by atoms with van der Waals surface area (Å²) in [6.45, 7) is 6.44. The molecule has 0 fully saturated rings. The third-order valence-electron chi connectivity index (χ3n) is 15.0. The van der Waals surface area contributed by atoms with Gasteiger partial charge in [0.05, 0.1) is 0 Å². The number of unbranched alkanes of at least 4 members (excludes halogenated alkanes) is 34. The van der Waals surface area contributed by atoms with Gasteiger partial charge in [-0.05, 0) is 122 Å². The molecule has 6 heteroatoms. The van der Waals surface area contributed by atoms with E-state index in [-0.39, 0.29) is 31.1 Å². The fourth-order valence-corrected chi connectivity index (χ4v) is 9.83. The molecule has 0 radical (unpaired) electrons. The van der Waals surface area contributed by atoms with Crippen molar-refractivity contribution in [3.05, 3.63) is 109 Å². The lowest BCUT2D eigenvalue weighted by Crippen LogP contribution is -2.30. The van der Waals surface area contributed by atoms with E-state index in [9.17, 15) is 14.4 Å². The van der Waals surface area contributed by atoms with E-state index in [2.05, 4.69) is 130 Å². The van der Waals surface area contributed by atoms with Crippen LogP contribution in [0.25, 0.3) is 0 Å². The Labute approximate surface area is 508 Å². The summed E-state index contributed by atoms with van der Waals surface area (Å²) in [6, 6.07) is 0. The minimum atomic E-state index is -0.789. The number of rotatable bonds is 63. The summed E-state index contributed by atoms with van der Waals surface area (Å²) < 4.78 is 17.0. The Hall–Kier alpha value is -3.93. The van der Waals surface area contributed by atoms with Gasteiger partial charge in [-0.1, -0.05) is 304 Å². The molecule has 0 bridgehead atoms. The average Bonchev–Trinajstić information content (AvgIpc) is 3.47. The van der Waals surface area contributed by atoms with Gasteiger partial charge in [0.1, 0.15) is 13.2 Å². The van der Waals surface area contributed by atoms with E-state index in [1.165, 1.54) is 173 Å². The normalized spacial score (nSPS) is 12.8. The van der Waals surface area contributed by atoms with E-state index in [0.29, 0.717) is 19.3 Å². The zero-order valence-electron chi connectivity index (χ0n) is 54.0. The van der Waals surface area contributed by atoms with Gasteiger partial charge in [-0.15, -0.1) is 0 Å². The maximum absolute atomic E-state index is 13.0. The topological polar surface area (TPSA) is 78.9 Å². The molecule has 1 atom stereocenters. The summed E-state index contributed by atoms with van der Waals surface area (Å²) in [7, 11) is 0. The summed E-state index contributed by atoms with van der Waals surface area (Å²) >= 11 is 0. The minimum Gasteiger partial charge on any atom is -0.462 e. The van der Waals surface area contributed by atoms with Crippen LogP contribution in [0.2, 0.25) is 0 Å². The zero-order valence-corrected chi connectivity index (χ0v) is 54.0. The third kappa shape index (κ3) is 66.9. The second kappa shape index (κ2) is 69.6. The standard InChI is InChI=1S/C76H130O6/c1-4-7-10-13-16-19-22-25-28-31-33-35-36-37-38-39-40-42-43-45-48-51-54-57-60-63-66-69-75(78)81-72-73(71-80-74(77)68-65-62-59-56-53-50-47-30-27-24-21-18-15-12-9-6-3)82-76(79)70-67-64-61-58-55-52-49-46-44-41-34-32-29-26-23-20-17-14-11-8-5-2/h7-8,10-11,16-17,19-20,25-26,28-30,33-35,41,47,73H,4-6,9,12-15,18,21-24,27,31-32,36-40,42-46,48-72H2,1-3H3/b10-7-,11-8-,19-16-,20-17-,28-25-,29-26-,35-33-,41-34-,47-30-. The summed E-state index contributed by atoms with van der Waals surface area (Å²) in [5.41, 5.74) is 0. The summed E-state index contributed by atoms with van der Waals surface area (Å²) in [4.78, 5) is 38.5. The first kappa shape index (κ1) is 78.1. The fourth-order valence-electron chi connectivity index (χ4n) is 9.83. The molecule has 0 aromatic heterocycles. The number of esters is 3. The average molecular weight is 1140 g/mol. The minimum absolute atomic E-state index is 0.0830. The molecule has 0 amide bonds. The molecule has 0 aromatic carbocycles. The molecule has 0 aliphatic carbocycles. The van der Waals surface area contributed by atoms with Gasteiger partial charge in [0.2, 0.25) is 0 Å². The lowest BCUT2D eigenvalue weighted by Gasteiger charge is -2.18. The molecule has 470 valence electrons. The van der Waals surface area contributed by atoms with E-state index in [1.54, 1.807) is 0 Å². The predicted molar refractivity (Wildman–Crippen MR) is 357 cm³/mol. The Morgan fingerprint density at radius 2 is 0.476 bits per heavy atom. The molecule has 1 unspecified atom stereocenters. The molecule has 82 heavy (non-hydrogen) atoms. The van der Waals surface area contributed by atoms with Crippen LogP contribution in [0.5, 0.6) is 0 Å². The molecular formula is C76H130O6. The van der Waals surface area contributed by atoms with Gasteiger partial charge in [-0.2, -0.15) is 0 Å².